The van der Waals surface area contributed by atoms with Crippen molar-refractivity contribution in [2.75, 3.05) is 13.7 Å². The molecular formula is C12H17NO3. The Bertz CT molecular complexity index is 344. The van der Waals surface area contributed by atoms with Crippen molar-refractivity contribution in [3.05, 3.63) is 24.3 Å². The standard InChI is InChI=1S/C12H17NO3/c1-5-9-6-10(14)13(7-9)11(8(2)3)12(15)16-4/h5-6,8,11H,1,7H2,2-4H3. The number of ether oxygens (including phenoxy) is 1. The first-order valence-corrected chi connectivity index (χ1v) is 5.22. The topological polar surface area (TPSA) is 46.6 Å². The molecule has 0 saturated carbocycles. The van der Waals surface area contributed by atoms with Gasteiger partial charge in [0.1, 0.15) is 6.04 Å². The van der Waals surface area contributed by atoms with Crippen LogP contribution in [-0.4, -0.2) is 36.5 Å². The second kappa shape index (κ2) is 4.96. The maximum absolute atomic E-state index is 11.7. The zero-order valence-electron chi connectivity index (χ0n) is 9.90. The number of hydrogen-bond donors (Lipinski definition) is 0. The van der Waals surface area contributed by atoms with Crippen LogP contribution in [0.25, 0.3) is 0 Å². The van der Waals surface area contributed by atoms with Gasteiger partial charge >= 0.3 is 5.97 Å². The Morgan fingerprint density at radius 2 is 2.25 bits per heavy atom. The number of methoxy groups -OCH3 is 1. The van der Waals surface area contributed by atoms with Gasteiger partial charge in [0, 0.05) is 12.6 Å². The van der Waals surface area contributed by atoms with Gasteiger partial charge in [-0.3, -0.25) is 4.79 Å². The van der Waals surface area contributed by atoms with Gasteiger partial charge in [0.05, 0.1) is 7.11 Å². The lowest BCUT2D eigenvalue weighted by atomic mass is 10.0. The molecule has 88 valence electrons. The number of rotatable bonds is 4. The minimum Gasteiger partial charge on any atom is -0.467 e. The van der Waals surface area contributed by atoms with Gasteiger partial charge in [-0.2, -0.15) is 0 Å². The first-order chi connectivity index (χ1) is 7.51. The van der Waals surface area contributed by atoms with Crippen molar-refractivity contribution in [1.82, 2.24) is 4.90 Å². The van der Waals surface area contributed by atoms with Crippen molar-refractivity contribution in [2.24, 2.45) is 5.92 Å². The molecule has 4 nitrogen and oxygen atoms in total. The molecular weight excluding hydrogens is 206 g/mol. The summed E-state index contributed by atoms with van der Waals surface area (Å²) < 4.78 is 4.72. The fraction of sp³-hybridized carbons (Fsp3) is 0.500. The minimum atomic E-state index is -0.522. The smallest absolute Gasteiger partial charge is 0.328 e. The minimum absolute atomic E-state index is 0.0222. The molecule has 1 aliphatic rings. The van der Waals surface area contributed by atoms with E-state index in [1.807, 2.05) is 13.8 Å². The highest BCUT2D eigenvalue weighted by atomic mass is 16.5. The molecule has 0 spiro atoms. The monoisotopic (exact) mass is 223 g/mol. The Morgan fingerprint density at radius 1 is 1.62 bits per heavy atom. The van der Waals surface area contributed by atoms with Crippen LogP contribution in [0.3, 0.4) is 0 Å². The van der Waals surface area contributed by atoms with E-state index in [-0.39, 0.29) is 17.8 Å². The van der Waals surface area contributed by atoms with Crippen molar-refractivity contribution in [2.45, 2.75) is 19.9 Å². The quantitative estimate of drug-likeness (QED) is 0.671. The predicted octanol–water partition coefficient (Wildman–Crippen LogP) is 1.14. The molecule has 1 atom stereocenters. The summed E-state index contributed by atoms with van der Waals surface area (Å²) in [4.78, 5) is 24.8. The van der Waals surface area contributed by atoms with Gasteiger partial charge in [-0.1, -0.05) is 26.5 Å². The van der Waals surface area contributed by atoms with Crippen LogP contribution in [-0.2, 0) is 14.3 Å². The molecule has 0 bridgehead atoms. The van der Waals surface area contributed by atoms with Crippen LogP contribution in [0.4, 0.5) is 0 Å². The zero-order valence-corrected chi connectivity index (χ0v) is 9.90. The van der Waals surface area contributed by atoms with Crippen LogP contribution in [0.1, 0.15) is 13.8 Å². The third kappa shape index (κ3) is 2.32. The number of carbonyl (C=O) groups is 2. The number of nitrogens with zero attached hydrogens (tertiary/aromatic N) is 1. The molecule has 0 aliphatic carbocycles. The van der Waals surface area contributed by atoms with E-state index >= 15 is 0 Å². The van der Waals surface area contributed by atoms with Crippen LogP contribution in [0.2, 0.25) is 0 Å². The molecule has 0 saturated heterocycles. The second-order valence-electron chi connectivity index (χ2n) is 4.10. The number of amides is 1. The van der Waals surface area contributed by atoms with Crippen molar-refractivity contribution in [3.63, 3.8) is 0 Å². The molecule has 1 heterocycles. The molecule has 1 aliphatic heterocycles. The van der Waals surface area contributed by atoms with Gasteiger partial charge in [0.25, 0.3) is 0 Å². The second-order valence-corrected chi connectivity index (χ2v) is 4.10. The van der Waals surface area contributed by atoms with E-state index in [1.54, 1.807) is 6.08 Å². The van der Waals surface area contributed by atoms with Crippen molar-refractivity contribution in [1.29, 1.82) is 0 Å². The average molecular weight is 223 g/mol. The SMILES string of the molecule is C=CC1=CC(=O)N(C(C(=O)OC)C(C)C)C1. The van der Waals surface area contributed by atoms with Crippen molar-refractivity contribution in [3.8, 4) is 0 Å². The summed E-state index contributed by atoms with van der Waals surface area (Å²) in [5, 5.41) is 0. The van der Waals surface area contributed by atoms with Gasteiger partial charge in [-0.25, -0.2) is 4.79 Å². The van der Waals surface area contributed by atoms with E-state index in [1.165, 1.54) is 18.1 Å². The Balaban J connectivity index is 2.87. The predicted molar refractivity (Wildman–Crippen MR) is 60.6 cm³/mol. The lowest BCUT2D eigenvalue weighted by Gasteiger charge is -2.28. The number of hydrogen-bond acceptors (Lipinski definition) is 3. The van der Waals surface area contributed by atoms with Gasteiger partial charge in [0.15, 0.2) is 0 Å². The highest BCUT2D eigenvalue weighted by Gasteiger charge is 2.35. The van der Waals surface area contributed by atoms with Crippen LogP contribution < -0.4 is 0 Å². The summed E-state index contributed by atoms with van der Waals surface area (Å²) >= 11 is 0. The summed E-state index contributed by atoms with van der Waals surface area (Å²) in [5.41, 5.74) is 0.833. The highest BCUT2D eigenvalue weighted by Crippen LogP contribution is 2.20. The van der Waals surface area contributed by atoms with Gasteiger partial charge in [-0.05, 0) is 11.5 Å². The molecule has 0 fully saturated rings. The van der Waals surface area contributed by atoms with Gasteiger partial charge in [0.2, 0.25) is 5.91 Å². The number of carbonyl (C=O) groups excluding carboxylic acids is 2. The third-order valence-electron chi connectivity index (χ3n) is 2.62. The molecule has 0 aromatic heterocycles. The summed E-state index contributed by atoms with van der Waals surface area (Å²) in [6, 6.07) is -0.522. The fourth-order valence-corrected chi connectivity index (χ4v) is 1.80. The molecule has 1 rings (SSSR count). The Labute approximate surface area is 95.6 Å². The van der Waals surface area contributed by atoms with Gasteiger partial charge < -0.3 is 9.64 Å². The molecule has 0 aromatic carbocycles. The van der Waals surface area contributed by atoms with Crippen LogP contribution >= 0.6 is 0 Å². The summed E-state index contributed by atoms with van der Waals surface area (Å²) in [5.74, 6) is -0.505. The Hall–Kier alpha value is -1.58. The van der Waals surface area contributed by atoms with Crippen molar-refractivity contribution < 1.29 is 14.3 Å². The van der Waals surface area contributed by atoms with E-state index in [0.717, 1.165) is 5.57 Å². The van der Waals surface area contributed by atoms with Crippen LogP contribution in [0.15, 0.2) is 24.3 Å². The molecule has 1 amide bonds. The summed E-state index contributed by atoms with van der Waals surface area (Å²) in [6.07, 6.45) is 3.14. The summed E-state index contributed by atoms with van der Waals surface area (Å²) in [6.45, 7) is 7.83. The Kier molecular flexibility index (Phi) is 3.88. The molecule has 16 heavy (non-hydrogen) atoms. The highest BCUT2D eigenvalue weighted by molar-refractivity contribution is 5.95. The summed E-state index contributed by atoms with van der Waals surface area (Å²) in [7, 11) is 1.33. The maximum atomic E-state index is 11.7. The van der Waals surface area contributed by atoms with Gasteiger partial charge in [-0.15, -0.1) is 0 Å². The first-order valence-electron chi connectivity index (χ1n) is 5.22. The molecule has 4 heteroatoms. The maximum Gasteiger partial charge on any atom is 0.328 e. The van der Waals surface area contributed by atoms with Crippen LogP contribution in [0.5, 0.6) is 0 Å². The molecule has 0 N–H and O–H groups in total. The molecule has 1 unspecified atom stereocenters. The molecule has 0 radical (unpaired) electrons. The lowest BCUT2D eigenvalue weighted by molar-refractivity contribution is -0.152. The average Bonchev–Trinajstić information content (AvgIpc) is 2.59. The number of esters is 1. The van der Waals surface area contributed by atoms with E-state index in [4.69, 9.17) is 4.74 Å². The normalized spacial score (nSPS) is 17.4. The van der Waals surface area contributed by atoms with Crippen LogP contribution in [0, 0.1) is 5.92 Å². The Morgan fingerprint density at radius 3 is 2.62 bits per heavy atom. The largest absolute Gasteiger partial charge is 0.467 e. The van der Waals surface area contributed by atoms with E-state index < -0.39 is 6.04 Å². The molecule has 0 aromatic rings. The van der Waals surface area contributed by atoms with E-state index in [2.05, 4.69) is 6.58 Å². The van der Waals surface area contributed by atoms with E-state index in [9.17, 15) is 9.59 Å². The van der Waals surface area contributed by atoms with E-state index in [0.29, 0.717) is 6.54 Å². The lowest BCUT2D eigenvalue weighted by Crippen LogP contribution is -2.46. The third-order valence-corrected chi connectivity index (χ3v) is 2.62. The first kappa shape index (κ1) is 12.5. The fourth-order valence-electron chi connectivity index (χ4n) is 1.80. The zero-order chi connectivity index (χ0) is 12.3. The van der Waals surface area contributed by atoms with Crippen molar-refractivity contribution >= 4 is 11.9 Å².